The molecule has 2 heteroatoms. The van der Waals surface area contributed by atoms with Crippen LogP contribution in [0, 0.1) is 0 Å². The molecule has 1 aromatic heterocycles. The van der Waals surface area contributed by atoms with Gasteiger partial charge in [-0.1, -0.05) is 50.2 Å². The largest absolute Gasteiger partial charge is 0.134 e. The summed E-state index contributed by atoms with van der Waals surface area (Å²) in [5, 5.41) is 2.72. The molecule has 1 aliphatic rings. The van der Waals surface area contributed by atoms with Gasteiger partial charge in [0.2, 0.25) is 0 Å². The van der Waals surface area contributed by atoms with Crippen LogP contribution in [0.5, 0.6) is 0 Å². The molecular formula is C21H15BrS. The van der Waals surface area contributed by atoms with Crippen LogP contribution in [0.3, 0.4) is 0 Å². The molecule has 23 heavy (non-hydrogen) atoms. The van der Waals surface area contributed by atoms with Gasteiger partial charge in [0.15, 0.2) is 0 Å². The average molecular weight is 379 g/mol. The van der Waals surface area contributed by atoms with Gasteiger partial charge in [0.25, 0.3) is 0 Å². The predicted molar refractivity (Wildman–Crippen MR) is 105 cm³/mol. The Bertz CT molecular complexity index is 1100. The van der Waals surface area contributed by atoms with Gasteiger partial charge < -0.3 is 0 Å². The molecule has 0 bridgehead atoms. The lowest BCUT2D eigenvalue weighted by Gasteiger charge is -2.21. The van der Waals surface area contributed by atoms with E-state index in [0.29, 0.717) is 0 Å². The van der Waals surface area contributed by atoms with Crippen LogP contribution in [-0.4, -0.2) is 0 Å². The number of rotatable bonds is 0. The number of fused-ring (bicyclic) bond motifs is 6. The van der Waals surface area contributed by atoms with Gasteiger partial charge in [-0.2, -0.15) is 0 Å². The number of hydrogen-bond acceptors (Lipinski definition) is 1. The van der Waals surface area contributed by atoms with Crippen LogP contribution in [0.15, 0.2) is 59.1 Å². The number of halogens is 1. The maximum Gasteiger partial charge on any atom is 0.0497 e. The van der Waals surface area contributed by atoms with Gasteiger partial charge in [-0.05, 0) is 56.4 Å². The van der Waals surface area contributed by atoms with Crippen molar-refractivity contribution < 1.29 is 0 Å². The molecule has 0 saturated carbocycles. The summed E-state index contributed by atoms with van der Waals surface area (Å²) in [6, 6.07) is 20.2. The molecule has 1 aliphatic carbocycles. The van der Waals surface area contributed by atoms with E-state index in [1.54, 1.807) is 0 Å². The van der Waals surface area contributed by atoms with Crippen molar-refractivity contribution in [2.45, 2.75) is 19.3 Å². The highest BCUT2D eigenvalue weighted by Gasteiger charge is 2.35. The minimum atomic E-state index is 0.0769. The van der Waals surface area contributed by atoms with E-state index in [0.717, 1.165) is 0 Å². The molecule has 0 N–H and O–H groups in total. The monoisotopic (exact) mass is 378 g/mol. The van der Waals surface area contributed by atoms with Crippen LogP contribution in [0.2, 0.25) is 0 Å². The molecule has 0 unspecified atom stereocenters. The quantitative estimate of drug-likeness (QED) is 0.305. The average Bonchev–Trinajstić information content (AvgIpc) is 3.02. The Morgan fingerprint density at radius 3 is 2.52 bits per heavy atom. The molecule has 0 fully saturated rings. The van der Waals surface area contributed by atoms with Crippen LogP contribution in [0.1, 0.15) is 25.0 Å². The third kappa shape index (κ3) is 1.71. The fourth-order valence-electron chi connectivity index (χ4n) is 3.96. The second-order valence-corrected chi connectivity index (χ2v) is 8.69. The van der Waals surface area contributed by atoms with Crippen molar-refractivity contribution in [3.05, 3.63) is 70.2 Å². The molecule has 0 aliphatic heterocycles. The van der Waals surface area contributed by atoms with Crippen molar-refractivity contribution in [2.75, 3.05) is 0 Å². The van der Waals surface area contributed by atoms with E-state index in [1.165, 1.54) is 46.9 Å². The van der Waals surface area contributed by atoms with Crippen LogP contribution in [0.4, 0.5) is 0 Å². The first-order valence-electron chi connectivity index (χ1n) is 7.82. The minimum Gasteiger partial charge on any atom is -0.134 e. The summed E-state index contributed by atoms with van der Waals surface area (Å²) in [6.45, 7) is 4.68. The third-order valence-electron chi connectivity index (χ3n) is 5.15. The van der Waals surface area contributed by atoms with Crippen LogP contribution >= 0.6 is 27.3 Å². The SMILES string of the molecule is CC1(C)c2ccccc2-c2cc3c(cc21)sc1c(Br)cccc13. The summed E-state index contributed by atoms with van der Waals surface area (Å²) < 4.78 is 3.92. The summed E-state index contributed by atoms with van der Waals surface area (Å²) in [5.41, 5.74) is 5.77. The Morgan fingerprint density at radius 2 is 1.65 bits per heavy atom. The van der Waals surface area contributed by atoms with Gasteiger partial charge in [0, 0.05) is 30.1 Å². The molecule has 0 radical (unpaired) electrons. The lowest BCUT2D eigenvalue weighted by atomic mass is 9.82. The van der Waals surface area contributed by atoms with Crippen molar-refractivity contribution in [3.63, 3.8) is 0 Å². The molecule has 4 aromatic rings. The molecule has 3 aromatic carbocycles. The Morgan fingerprint density at radius 1 is 0.826 bits per heavy atom. The molecule has 0 atom stereocenters. The summed E-state index contributed by atoms with van der Waals surface area (Å²) in [7, 11) is 0. The maximum atomic E-state index is 3.70. The lowest BCUT2D eigenvalue weighted by molar-refractivity contribution is 0.661. The number of thiophene rings is 1. The third-order valence-corrected chi connectivity index (χ3v) is 7.28. The van der Waals surface area contributed by atoms with Gasteiger partial charge in [-0.25, -0.2) is 0 Å². The van der Waals surface area contributed by atoms with Gasteiger partial charge >= 0.3 is 0 Å². The normalized spacial score (nSPS) is 15.1. The first-order valence-corrected chi connectivity index (χ1v) is 9.43. The summed E-state index contributed by atoms with van der Waals surface area (Å²) in [6.07, 6.45) is 0. The highest BCUT2D eigenvalue weighted by Crippen LogP contribution is 2.51. The standard InChI is InChI=1S/C21H15BrS/c1-21(2)16-8-4-3-6-12(16)14-10-15-13-7-5-9-18(22)20(13)23-19(15)11-17(14)21/h3-11H,1-2H3. The molecule has 0 spiro atoms. The van der Waals surface area contributed by atoms with E-state index in [1.807, 2.05) is 11.3 Å². The van der Waals surface area contributed by atoms with E-state index in [2.05, 4.69) is 84.4 Å². The van der Waals surface area contributed by atoms with Gasteiger partial charge in [0.1, 0.15) is 0 Å². The first kappa shape index (κ1) is 13.8. The topological polar surface area (TPSA) is 0 Å². The van der Waals surface area contributed by atoms with E-state index in [9.17, 15) is 0 Å². The van der Waals surface area contributed by atoms with Crippen LogP contribution in [-0.2, 0) is 5.41 Å². The van der Waals surface area contributed by atoms with Crippen molar-refractivity contribution in [3.8, 4) is 11.1 Å². The smallest absolute Gasteiger partial charge is 0.0497 e. The van der Waals surface area contributed by atoms with Crippen molar-refractivity contribution in [2.24, 2.45) is 0 Å². The van der Waals surface area contributed by atoms with E-state index >= 15 is 0 Å². The molecule has 0 saturated heterocycles. The second kappa shape index (κ2) is 4.46. The molecule has 1 heterocycles. The van der Waals surface area contributed by atoms with Gasteiger partial charge in [-0.3, -0.25) is 0 Å². The summed E-state index contributed by atoms with van der Waals surface area (Å²) in [5.74, 6) is 0. The fourth-order valence-corrected chi connectivity index (χ4v) is 5.70. The van der Waals surface area contributed by atoms with E-state index in [-0.39, 0.29) is 5.41 Å². The first-order chi connectivity index (χ1) is 11.1. The van der Waals surface area contributed by atoms with Crippen LogP contribution in [0.25, 0.3) is 31.3 Å². The lowest BCUT2D eigenvalue weighted by Crippen LogP contribution is -2.14. The molecule has 112 valence electrons. The highest BCUT2D eigenvalue weighted by molar-refractivity contribution is 9.10. The Balaban J connectivity index is 1.95. The van der Waals surface area contributed by atoms with Crippen LogP contribution < -0.4 is 0 Å². The molecule has 0 nitrogen and oxygen atoms in total. The minimum absolute atomic E-state index is 0.0769. The number of hydrogen-bond donors (Lipinski definition) is 0. The highest BCUT2D eigenvalue weighted by atomic mass is 79.9. The van der Waals surface area contributed by atoms with E-state index in [4.69, 9.17) is 0 Å². The summed E-state index contributed by atoms with van der Waals surface area (Å²) in [4.78, 5) is 0. The molecule has 5 rings (SSSR count). The Hall–Kier alpha value is -1.64. The van der Waals surface area contributed by atoms with Gasteiger partial charge in [-0.15, -0.1) is 11.3 Å². The molecular weight excluding hydrogens is 364 g/mol. The van der Waals surface area contributed by atoms with Crippen molar-refractivity contribution in [1.82, 2.24) is 0 Å². The fraction of sp³-hybridized carbons (Fsp3) is 0.143. The number of benzene rings is 3. The molecule has 0 amide bonds. The zero-order valence-corrected chi connectivity index (χ0v) is 15.4. The van der Waals surface area contributed by atoms with Gasteiger partial charge in [0.05, 0.1) is 0 Å². The van der Waals surface area contributed by atoms with E-state index < -0.39 is 0 Å². The van der Waals surface area contributed by atoms with Crippen molar-refractivity contribution in [1.29, 1.82) is 0 Å². The maximum absolute atomic E-state index is 3.70. The summed E-state index contributed by atoms with van der Waals surface area (Å²) >= 11 is 5.59. The zero-order valence-electron chi connectivity index (χ0n) is 13.0. The van der Waals surface area contributed by atoms with Crippen molar-refractivity contribution >= 4 is 47.4 Å². The predicted octanol–water partition coefficient (Wildman–Crippen LogP) is 7.12. The zero-order chi connectivity index (χ0) is 15.8. The Labute approximate surface area is 147 Å². The second-order valence-electron chi connectivity index (χ2n) is 6.78. The Kier molecular flexibility index (Phi) is 2.67.